The molecule has 2 bridgehead atoms. The molecule has 0 aromatic rings. The van der Waals surface area contributed by atoms with Gasteiger partial charge in [-0.2, -0.15) is 0 Å². The van der Waals surface area contributed by atoms with Crippen LogP contribution in [0, 0.1) is 17.8 Å². The first kappa shape index (κ1) is 14.1. The standard InChI is InChI=1S/C15H28.CH4/c1-2-13-6-3-7-14-8-4-10-15(12-13)11-5-9-14;/h13-15H,2-12H2,1H3;1H4. The maximum absolute atomic E-state index is 2.40. The van der Waals surface area contributed by atoms with E-state index in [2.05, 4.69) is 6.92 Å². The van der Waals surface area contributed by atoms with Gasteiger partial charge in [0.05, 0.1) is 0 Å². The molecule has 3 aliphatic carbocycles. The van der Waals surface area contributed by atoms with Crippen molar-refractivity contribution in [2.24, 2.45) is 17.8 Å². The van der Waals surface area contributed by atoms with E-state index in [4.69, 9.17) is 0 Å². The van der Waals surface area contributed by atoms with Crippen molar-refractivity contribution in [1.82, 2.24) is 0 Å². The van der Waals surface area contributed by atoms with Crippen LogP contribution in [0.2, 0.25) is 0 Å². The molecule has 3 aliphatic rings. The van der Waals surface area contributed by atoms with E-state index in [0.29, 0.717) is 0 Å². The molecule has 96 valence electrons. The fraction of sp³-hybridized carbons (Fsp3) is 1.00. The van der Waals surface area contributed by atoms with Crippen LogP contribution in [0.4, 0.5) is 0 Å². The molecule has 0 heterocycles. The van der Waals surface area contributed by atoms with E-state index in [-0.39, 0.29) is 7.43 Å². The third-order valence-electron chi connectivity index (χ3n) is 4.92. The van der Waals surface area contributed by atoms with Crippen molar-refractivity contribution in [3.8, 4) is 0 Å². The smallest absolute Gasteiger partial charge is 0.0412 e. The number of rotatable bonds is 1. The highest BCUT2D eigenvalue weighted by Gasteiger charge is 2.21. The summed E-state index contributed by atoms with van der Waals surface area (Å²) in [5.41, 5.74) is 0. The molecule has 3 fully saturated rings. The van der Waals surface area contributed by atoms with Crippen molar-refractivity contribution in [3.05, 3.63) is 0 Å². The normalized spacial score (nSPS) is 36.2. The molecular formula is C16H32. The highest BCUT2D eigenvalue weighted by Crippen LogP contribution is 2.36. The lowest BCUT2D eigenvalue weighted by molar-refractivity contribution is 0.229. The van der Waals surface area contributed by atoms with E-state index < -0.39 is 0 Å². The van der Waals surface area contributed by atoms with Crippen LogP contribution >= 0.6 is 0 Å². The van der Waals surface area contributed by atoms with Gasteiger partial charge in [0, 0.05) is 0 Å². The lowest BCUT2D eigenvalue weighted by Crippen LogP contribution is -2.16. The van der Waals surface area contributed by atoms with Crippen LogP contribution in [0.25, 0.3) is 0 Å². The van der Waals surface area contributed by atoms with Crippen LogP contribution in [0.3, 0.4) is 0 Å². The van der Waals surface area contributed by atoms with Crippen LogP contribution in [0.1, 0.15) is 85.0 Å². The first-order valence-electron chi connectivity index (χ1n) is 7.38. The quantitative estimate of drug-likeness (QED) is 0.527. The highest BCUT2D eigenvalue weighted by molar-refractivity contribution is 4.74. The molecule has 0 aliphatic heterocycles. The summed E-state index contributed by atoms with van der Waals surface area (Å²) < 4.78 is 0. The van der Waals surface area contributed by atoms with E-state index in [0.717, 1.165) is 17.8 Å². The lowest BCUT2D eigenvalue weighted by atomic mass is 9.76. The maximum atomic E-state index is 2.40. The molecule has 0 radical (unpaired) electrons. The van der Waals surface area contributed by atoms with Crippen molar-refractivity contribution in [1.29, 1.82) is 0 Å². The molecule has 1 unspecified atom stereocenters. The zero-order chi connectivity index (χ0) is 10.5. The Morgan fingerprint density at radius 2 is 1.25 bits per heavy atom. The van der Waals surface area contributed by atoms with E-state index in [1.54, 1.807) is 38.5 Å². The SMILES string of the molecule is C.CCC1CCCC2CCCC(CCC2)C1. The summed E-state index contributed by atoms with van der Waals surface area (Å²) in [6, 6.07) is 0. The zero-order valence-electron chi connectivity index (χ0n) is 10.5. The second kappa shape index (κ2) is 7.35. The van der Waals surface area contributed by atoms with E-state index in [9.17, 15) is 0 Å². The largest absolute Gasteiger partial charge is 0.0776 e. The van der Waals surface area contributed by atoms with Crippen molar-refractivity contribution >= 4 is 0 Å². The minimum Gasteiger partial charge on any atom is -0.0776 e. The first-order valence-corrected chi connectivity index (χ1v) is 7.38. The zero-order valence-corrected chi connectivity index (χ0v) is 10.5. The molecule has 0 aromatic carbocycles. The summed E-state index contributed by atoms with van der Waals surface area (Å²) in [7, 11) is 0. The van der Waals surface area contributed by atoms with Crippen LogP contribution < -0.4 is 0 Å². The van der Waals surface area contributed by atoms with Gasteiger partial charge in [-0.1, -0.05) is 78.6 Å². The molecule has 3 saturated carbocycles. The summed E-state index contributed by atoms with van der Waals surface area (Å²) in [4.78, 5) is 0. The lowest BCUT2D eigenvalue weighted by Gasteiger charge is -2.30. The van der Waals surface area contributed by atoms with Crippen LogP contribution in [0.15, 0.2) is 0 Å². The van der Waals surface area contributed by atoms with Gasteiger partial charge >= 0.3 is 0 Å². The maximum Gasteiger partial charge on any atom is -0.0412 e. The predicted molar refractivity (Wildman–Crippen MR) is 73.7 cm³/mol. The molecule has 0 heteroatoms. The van der Waals surface area contributed by atoms with Gasteiger partial charge in [-0.05, 0) is 24.2 Å². The second-order valence-electron chi connectivity index (χ2n) is 6.03. The summed E-state index contributed by atoms with van der Waals surface area (Å²) >= 11 is 0. The Morgan fingerprint density at radius 1 is 0.750 bits per heavy atom. The van der Waals surface area contributed by atoms with E-state index in [1.807, 2.05) is 0 Å². The van der Waals surface area contributed by atoms with Gasteiger partial charge in [-0.25, -0.2) is 0 Å². The van der Waals surface area contributed by atoms with Gasteiger partial charge in [0.2, 0.25) is 0 Å². The van der Waals surface area contributed by atoms with Gasteiger partial charge in [0.25, 0.3) is 0 Å². The van der Waals surface area contributed by atoms with Crippen molar-refractivity contribution in [3.63, 3.8) is 0 Å². The minimum absolute atomic E-state index is 0. The van der Waals surface area contributed by atoms with Gasteiger partial charge in [-0.3, -0.25) is 0 Å². The summed E-state index contributed by atoms with van der Waals surface area (Å²) in [6.45, 7) is 2.40. The first-order chi connectivity index (χ1) is 7.38. The summed E-state index contributed by atoms with van der Waals surface area (Å²) in [5, 5.41) is 0. The Morgan fingerprint density at radius 3 is 1.81 bits per heavy atom. The predicted octanol–water partition coefficient (Wildman–Crippen LogP) is 5.81. The average molecular weight is 224 g/mol. The fourth-order valence-corrected chi connectivity index (χ4v) is 3.86. The molecule has 16 heavy (non-hydrogen) atoms. The Hall–Kier alpha value is 0. The van der Waals surface area contributed by atoms with E-state index >= 15 is 0 Å². The van der Waals surface area contributed by atoms with Crippen LogP contribution in [-0.4, -0.2) is 0 Å². The third-order valence-corrected chi connectivity index (χ3v) is 4.92. The van der Waals surface area contributed by atoms with Crippen molar-refractivity contribution in [2.45, 2.75) is 85.0 Å². The number of fused-ring (bicyclic) bond motifs is 8. The Balaban J connectivity index is 0.00000128. The van der Waals surface area contributed by atoms with E-state index in [1.165, 1.54) is 32.1 Å². The average Bonchev–Trinajstić information content (AvgIpc) is 2.24. The van der Waals surface area contributed by atoms with Crippen molar-refractivity contribution in [2.75, 3.05) is 0 Å². The molecule has 0 saturated heterocycles. The Kier molecular flexibility index (Phi) is 6.46. The van der Waals surface area contributed by atoms with Crippen molar-refractivity contribution < 1.29 is 0 Å². The Bertz CT molecular complexity index is 163. The van der Waals surface area contributed by atoms with Gasteiger partial charge in [0.1, 0.15) is 0 Å². The van der Waals surface area contributed by atoms with Crippen LogP contribution in [0.5, 0.6) is 0 Å². The molecule has 0 spiro atoms. The fourth-order valence-electron chi connectivity index (χ4n) is 3.86. The molecule has 1 atom stereocenters. The third kappa shape index (κ3) is 4.11. The highest BCUT2D eigenvalue weighted by atomic mass is 14.3. The topological polar surface area (TPSA) is 0 Å². The summed E-state index contributed by atoms with van der Waals surface area (Å²) in [5.74, 6) is 3.25. The number of hydrogen-bond acceptors (Lipinski definition) is 0. The summed E-state index contributed by atoms with van der Waals surface area (Å²) in [6.07, 6.45) is 16.8. The molecular weight excluding hydrogens is 192 g/mol. The van der Waals surface area contributed by atoms with Gasteiger partial charge < -0.3 is 0 Å². The molecule has 0 amide bonds. The molecule has 0 N–H and O–H groups in total. The van der Waals surface area contributed by atoms with Gasteiger partial charge in [-0.15, -0.1) is 0 Å². The molecule has 3 rings (SSSR count). The molecule has 0 aromatic heterocycles. The minimum atomic E-state index is 0. The number of hydrogen-bond donors (Lipinski definition) is 0. The van der Waals surface area contributed by atoms with Crippen LogP contribution in [-0.2, 0) is 0 Å². The monoisotopic (exact) mass is 224 g/mol. The Labute approximate surface area is 103 Å². The molecule has 0 nitrogen and oxygen atoms in total. The van der Waals surface area contributed by atoms with Gasteiger partial charge in [0.15, 0.2) is 0 Å². The second-order valence-corrected chi connectivity index (χ2v) is 6.03.